The zero-order valence-corrected chi connectivity index (χ0v) is 13.2. The fourth-order valence-electron chi connectivity index (χ4n) is 2.58. The van der Waals surface area contributed by atoms with Gasteiger partial charge in [0.2, 0.25) is 5.95 Å². The molecule has 8 heteroatoms. The molecule has 0 amide bonds. The number of anilines is 1. The van der Waals surface area contributed by atoms with Crippen molar-refractivity contribution in [1.29, 1.82) is 0 Å². The molecule has 3 rings (SSSR count). The average molecular weight is 323 g/mol. The van der Waals surface area contributed by atoms with Crippen molar-refractivity contribution in [3.63, 3.8) is 0 Å². The Labute approximate surface area is 134 Å². The van der Waals surface area contributed by atoms with Gasteiger partial charge < -0.3 is 15.0 Å². The van der Waals surface area contributed by atoms with Crippen molar-refractivity contribution in [2.24, 2.45) is 0 Å². The van der Waals surface area contributed by atoms with E-state index in [1.165, 1.54) is 0 Å². The molecule has 7 nitrogen and oxygen atoms in total. The van der Waals surface area contributed by atoms with E-state index >= 15 is 0 Å². The number of aromatic amines is 1. The number of piperidine rings is 1. The molecule has 1 aliphatic heterocycles. The van der Waals surface area contributed by atoms with Gasteiger partial charge in [0.15, 0.2) is 0 Å². The highest BCUT2D eigenvalue weighted by Gasteiger charge is 2.20. The van der Waals surface area contributed by atoms with Crippen molar-refractivity contribution in [2.45, 2.75) is 18.9 Å². The summed E-state index contributed by atoms with van der Waals surface area (Å²) in [6, 6.07) is 0.362. The average Bonchev–Trinajstić information content (AvgIpc) is 3.06. The number of nitrogens with zero attached hydrogens (tertiary/aromatic N) is 4. The highest BCUT2D eigenvalue weighted by Crippen LogP contribution is 2.24. The molecule has 1 aliphatic rings. The van der Waals surface area contributed by atoms with Crippen LogP contribution in [0.5, 0.6) is 0 Å². The lowest BCUT2D eigenvalue weighted by atomic mass is 10.1. The maximum atomic E-state index is 6.16. The summed E-state index contributed by atoms with van der Waals surface area (Å²) in [7, 11) is 1.72. The van der Waals surface area contributed by atoms with Crippen molar-refractivity contribution >= 4 is 17.5 Å². The molecule has 0 spiro atoms. The second-order valence-electron chi connectivity index (χ2n) is 5.30. The van der Waals surface area contributed by atoms with Crippen LogP contribution >= 0.6 is 11.6 Å². The van der Waals surface area contributed by atoms with E-state index < -0.39 is 0 Å². The molecule has 118 valence electrons. The summed E-state index contributed by atoms with van der Waals surface area (Å²) in [6.45, 7) is 2.70. The highest BCUT2D eigenvalue weighted by atomic mass is 35.5. The van der Waals surface area contributed by atoms with Crippen LogP contribution in [0, 0.1) is 0 Å². The van der Waals surface area contributed by atoms with Gasteiger partial charge in [-0.05, 0) is 12.8 Å². The van der Waals surface area contributed by atoms with Gasteiger partial charge in [-0.1, -0.05) is 11.6 Å². The van der Waals surface area contributed by atoms with E-state index in [0.29, 0.717) is 35.1 Å². The third kappa shape index (κ3) is 3.55. The van der Waals surface area contributed by atoms with Crippen LogP contribution in [0.15, 0.2) is 18.7 Å². The summed E-state index contributed by atoms with van der Waals surface area (Å²) >= 11 is 6.16. The minimum Gasteiger partial charge on any atom is -0.369 e. The van der Waals surface area contributed by atoms with Crippen LogP contribution in [0.1, 0.15) is 12.8 Å². The molecule has 2 aromatic heterocycles. The Hall–Kier alpha value is -1.70. The molecule has 22 heavy (non-hydrogen) atoms. The summed E-state index contributed by atoms with van der Waals surface area (Å²) in [6.07, 6.45) is 7.05. The second kappa shape index (κ2) is 7.04. The summed E-state index contributed by atoms with van der Waals surface area (Å²) in [4.78, 5) is 18.1. The maximum Gasteiger partial charge on any atom is 0.223 e. The van der Waals surface area contributed by atoms with Crippen LogP contribution in [0.2, 0.25) is 5.02 Å². The number of H-pyrrole nitrogens is 1. The van der Waals surface area contributed by atoms with Crippen LogP contribution in [-0.2, 0) is 4.74 Å². The number of hydrogen-bond acceptors (Lipinski definition) is 6. The van der Waals surface area contributed by atoms with Gasteiger partial charge in [-0.3, -0.25) is 4.90 Å². The van der Waals surface area contributed by atoms with Crippen LogP contribution < -0.4 is 5.32 Å². The third-order valence-corrected chi connectivity index (χ3v) is 3.99. The lowest BCUT2D eigenvalue weighted by Gasteiger charge is -2.31. The molecule has 2 aromatic rings. The topological polar surface area (TPSA) is 79.0 Å². The van der Waals surface area contributed by atoms with Crippen molar-refractivity contribution in [3.8, 4) is 11.4 Å². The number of likely N-dealkylation sites (tertiary alicyclic amines) is 1. The van der Waals surface area contributed by atoms with Crippen LogP contribution in [0.3, 0.4) is 0 Å². The van der Waals surface area contributed by atoms with Gasteiger partial charge in [0.1, 0.15) is 11.4 Å². The number of rotatable bonds is 5. The van der Waals surface area contributed by atoms with Gasteiger partial charge in [-0.15, -0.1) is 0 Å². The summed E-state index contributed by atoms with van der Waals surface area (Å²) in [5.41, 5.74) is 1.35. The number of ether oxygens (including phenoxy) is 1. The first kappa shape index (κ1) is 15.2. The molecule has 0 bridgehead atoms. The summed E-state index contributed by atoms with van der Waals surface area (Å²) < 4.78 is 5.16. The Morgan fingerprint density at radius 1 is 1.41 bits per heavy atom. The monoisotopic (exact) mass is 322 g/mol. The van der Waals surface area contributed by atoms with E-state index in [1.807, 2.05) is 0 Å². The van der Waals surface area contributed by atoms with Gasteiger partial charge in [0.05, 0.1) is 24.3 Å². The van der Waals surface area contributed by atoms with Crippen molar-refractivity contribution in [2.75, 3.05) is 32.2 Å². The fourth-order valence-corrected chi connectivity index (χ4v) is 2.77. The Morgan fingerprint density at radius 3 is 2.91 bits per heavy atom. The fraction of sp³-hybridized carbons (Fsp3) is 0.500. The molecular formula is C14H19ClN6O. The van der Waals surface area contributed by atoms with Gasteiger partial charge in [-0.25, -0.2) is 15.0 Å². The molecule has 0 saturated carbocycles. The van der Waals surface area contributed by atoms with Crippen molar-refractivity contribution < 1.29 is 4.74 Å². The maximum absolute atomic E-state index is 6.16. The smallest absolute Gasteiger partial charge is 0.223 e. The van der Waals surface area contributed by atoms with Gasteiger partial charge in [-0.2, -0.15) is 0 Å². The predicted octanol–water partition coefficient (Wildman–Crippen LogP) is 2.00. The zero-order chi connectivity index (χ0) is 15.4. The number of aromatic nitrogens is 4. The minimum absolute atomic E-state index is 0.362. The number of nitrogens with one attached hydrogen (secondary N) is 2. The van der Waals surface area contributed by atoms with Gasteiger partial charge in [0, 0.05) is 32.4 Å². The van der Waals surface area contributed by atoms with Crippen LogP contribution in [0.4, 0.5) is 5.95 Å². The standard InChI is InChI=1S/C14H19ClN6O/c1-22-9-21-4-2-10(3-5-21)19-14-17-6-11(15)13(20-14)12-7-16-8-18-12/h6-8,10H,2-5,9H2,1H3,(H,16,18)(H,17,19,20). The molecule has 1 saturated heterocycles. The first-order valence-electron chi connectivity index (χ1n) is 7.26. The SMILES string of the molecule is COCN1CCC(Nc2ncc(Cl)c(-c3c[nH]cn3)n2)CC1. The third-order valence-electron chi connectivity index (χ3n) is 3.72. The van der Waals surface area contributed by atoms with Crippen LogP contribution in [0.25, 0.3) is 11.4 Å². The second-order valence-corrected chi connectivity index (χ2v) is 5.71. The zero-order valence-electron chi connectivity index (χ0n) is 12.4. The molecule has 0 aromatic carbocycles. The quantitative estimate of drug-likeness (QED) is 0.876. The number of hydrogen-bond donors (Lipinski definition) is 2. The Balaban J connectivity index is 1.65. The molecule has 1 fully saturated rings. The van der Waals surface area contributed by atoms with E-state index in [9.17, 15) is 0 Å². The number of imidazole rings is 1. The largest absolute Gasteiger partial charge is 0.369 e. The van der Waals surface area contributed by atoms with Crippen LogP contribution in [-0.4, -0.2) is 57.8 Å². The lowest BCUT2D eigenvalue weighted by molar-refractivity contribution is 0.0485. The molecule has 0 unspecified atom stereocenters. The van der Waals surface area contributed by atoms with Gasteiger partial charge in [0.25, 0.3) is 0 Å². The molecule has 0 aliphatic carbocycles. The Bertz CT molecular complexity index is 597. The normalized spacial score (nSPS) is 16.8. The van der Waals surface area contributed by atoms with E-state index in [2.05, 4.69) is 30.2 Å². The molecule has 0 radical (unpaired) electrons. The molecule has 3 heterocycles. The minimum atomic E-state index is 0.362. The Kier molecular flexibility index (Phi) is 4.87. The van der Waals surface area contributed by atoms with E-state index in [-0.39, 0.29) is 0 Å². The van der Waals surface area contributed by atoms with Gasteiger partial charge >= 0.3 is 0 Å². The first-order chi connectivity index (χ1) is 10.8. The summed E-state index contributed by atoms with van der Waals surface area (Å²) in [5, 5.41) is 3.88. The molecule has 0 atom stereocenters. The predicted molar refractivity (Wildman–Crippen MR) is 84.7 cm³/mol. The van der Waals surface area contributed by atoms with Crippen molar-refractivity contribution in [1.82, 2.24) is 24.8 Å². The molecule has 2 N–H and O–H groups in total. The lowest BCUT2D eigenvalue weighted by Crippen LogP contribution is -2.40. The van der Waals surface area contributed by atoms with Crippen molar-refractivity contribution in [3.05, 3.63) is 23.7 Å². The van der Waals surface area contributed by atoms with E-state index in [4.69, 9.17) is 16.3 Å². The number of methoxy groups -OCH3 is 1. The molecular weight excluding hydrogens is 304 g/mol. The van der Waals surface area contributed by atoms with E-state index in [0.717, 1.165) is 25.9 Å². The Morgan fingerprint density at radius 2 is 2.23 bits per heavy atom. The first-order valence-corrected chi connectivity index (χ1v) is 7.63. The number of halogens is 1. The highest BCUT2D eigenvalue weighted by molar-refractivity contribution is 6.32. The summed E-state index contributed by atoms with van der Waals surface area (Å²) in [5.74, 6) is 0.590. The van der Waals surface area contributed by atoms with E-state index in [1.54, 1.807) is 25.8 Å².